The highest BCUT2D eigenvalue weighted by Crippen LogP contribution is 2.20. The van der Waals surface area contributed by atoms with Crippen LogP contribution in [0.1, 0.15) is 11.1 Å². The lowest BCUT2D eigenvalue weighted by atomic mass is 10.1. The van der Waals surface area contributed by atoms with Gasteiger partial charge in [0.05, 0.1) is 6.20 Å². The molecule has 0 bridgehead atoms. The molecule has 0 unspecified atom stereocenters. The maximum atomic E-state index is 4.28. The van der Waals surface area contributed by atoms with E-state index in [-0.39, 0.29) is 0 Å². The van der Waals surface area contributed by atoms with Crippen LogP contribution in [-0.2, 0) is 20.1 Å². The van der Waals surface area contributed by atoms with Crippen molar-refractivity contribution in [2.75, 3.05) is 26.2 Å². The van der Waals surface area contributed by atoms with Crippen molar-refractivity contribution in [2.24, 2.45) is 7.05 Å². The minimum atomic E-state index is 1.01. The first-order valence-electron chi connectivity index (χ1n) is 9.18. The van der Waals surface area contributed by atoms with Gasteiger partial charge in [0.2, 0.25) is 0 Å². The fraction of sp³-hybridized carbons (Fsp3) is 0.333. The van der Waals surface area contributed by atoms with Crippen molar-refractivity contribution in [1.82, 2.24) is 24.6 Å². The summed E-state index contributed by atoms with van der Waals surface area (Å²) in [5, 5.41) is 4.28. The standard InChI is InChI=1S/C21H25N5/c1-24-17-21(14-23-24)20-4-2-3-19(13-20)16-26-11-9-25(10-12-26)15-18-5-7-22-8-6-18/h2-8,13-14,17H,9-12,15-16H2,1H3. The van der Waals surface area contributed by atoms with Crippen molar-refractivity contribution >= 4 is 0 Å². The molecule has 1 aliphatic heterocycles. The third-order valence-corrected chi connectivity index (χ3v) is 4.99. The van der Waals surface area contributed by atoms with E-state index in [0.717, 1.165) is 39.3 Å². The highest BCUT2D eigenvalue weighted by Gasteiger charge is 2.17. The van der Waals surface area contributed by atoms with Crippen LogP contribution < -0.4 is 0 Å². The SMILES string of the molecule is Cn1cc(-c2cccc(CN3CCN(Cc4ccncc4)CC3)c2)cn1. The molecule has 4 rings (SSSR count). The number of rotatable bonds is 5. The summed E-state index contributed by atoms with van der Waals surface area (Å²) in [5.74, 6) is 0. The predicted molar refractivity (Wildman–Crippen MR) is 103 cm³/mol. The molecule has 134 valence electrons. The van der Waals surface area contributed by atoms with Gasteiger partial charge in [0.15, 0.2) is 0 Å². The van der Waals surface area contributed by atoms with Crippen LogP contribution in [0, 0.1) is 0 Å². The maximum Gasteiger partial charge on any atom is 0.0568 e. The van der Waals surface area contributed by atoms with Crippen molar-refractivity contribution in [3.05, 3.63) is 72.3 Å². The molecule has 0 spiro atoms. The first-order chi connectivity index (χ1) is 12.8. The number of hydrogen-bond donors (Lipinski definition) is 0. The Labute approximate surface area is 154 Å². The lowest BCUT2D eigenvalue weighted by Crippen LogP contribution is -2.45. The molecule has 1 saturated heterocycles. The molecule has 0 radical (unpaired) electrons. The number of hydrogen-bond acceptors (Lipinski definition) is 4. The van der Waals surface area contributed by atoms with Gasteiger partial charge in [0.1, 0.15) is 0 Å². The molecule has 5 nitrogen and oxygen atoms in total. The summed E-state index contributed by atoms with van der Waals surface area (Å²) >= 11 is 0. The van der Waals surface area contributed by atoms with E-state index < -0.39 is 0 Å². The summed E-state index contributed by atoms with van der Waals surface area (Å²) in [6, 6.07) is 13.0. The van der Waals surface area contributed by atoms with Crippen LogP contribution in [0.5, 0.6) is 0 Å². The highest BCUT2D eigenvalue weighted by atomic mass is 15.3. The second-order valence-electron chi connectivity index (χ2n) is 7.01. The monoisotopic (exact) mass is 347 g/mol. The second kappa shape index (κ2) is 7.81. The molecule has 3 heterocycles. The smallest absolute Gasteiger partial charge is 0.0568 e. The Morgan fingerprint density at radius 3 is 2.19 bits per heavy atom. The lowest BCUT2D eigenvalue weighted by Gasteiger charge is -2.34. The van der Waals surface area contributed by atoms with E-state index in [1.807, 2.05) is 30.3 Å². The Bertz CT molecular complexity index is 834. The topological polar surface area (TPSA) is 37.2 Å². The van der Waals surface area contributed by atoms with Gasteiger partial charge in [-0.1, -0.05) is 18.2 Å². The van der Waals surface area contributed by atoms with Gasteiger partial charge in [-0.05, 0) is 34.9 Å². The van der Waals surface area contributed by atoms with Gasteiger partial charge in [-0.3, -0.25) is 19.5 Å². The van der Waals surface area contributed by atoms with Crippen LogP contribution >= 0.6 is 0 Å². The first-order valence-corrected chi connectivity index (χ1v) is 9.18. The predicted octanol–water partition coefficient (Wildman–Crippen LogP) is 2.80. The summed E-state index contributed by atoms with van der Waals surface area (Å²) in [5.41, 5.74) is 5.13. The number of aromatic nitrogens is 3. The van der Waals surface area contributed by atoms with E-state index in [0.29, 0.717) is 0 Å². The van der Waals surface area contributed by atoms with E-state index in [9.17, 15) is 0 Å². The average molecular weight is 347 g/mol. The number of benzene rings is 1. The third kappa shape index (κ3) is 4.18. The van der Waals surface area contributed by atoms with Crippen LogP contribution in [0.2, 0.25) is 0 Å². The zero-order chi connectivity index (χ0) is 17.8. The maximum absolute atomic E-state index is 4.28. The van der Waals surface area contributed by atoms with Gasteiger partial charge < -0.3 is 0 Å². The summed E-state index contributed by atoms with van der Waals surface area (Å²) in [6.45, 7) is 6.49. The fourth-order valence-corrected chi connectivity index (χ4v) is 3.53. The third-order valence-electron chi connectivity index (χ3n) is 4.99. The quantitative estimate of drug-likeness (QED) is 0.711. The molecule has 5 heteroatoms. The van der Waals surface area contributed by atoms with E-state index >= 15 is 0 Å². The molecule has 1 aromatic carbocycles. The van der Waals surface area contributed by atoms with Crippen LogP contribution in [0.25, 0.3) is 11.1 Å². The van der Waals surface area contributed by atoms with Crippen molar-refractivity contribution in [3.63, 3.8) is 0 Å². The molecular formula is C21H25N5. The van der Waals surface area contributed by atoms with Gasteiger partial charge in [-0.25, -0.2) is 0 Å². The molecule has 26 heavy (non-hydrogen) atoms. The molecule has 0 amide bonds. The van der Waals surface area contributed by atoms with Gasteiger partial charge in [0, 0.05) is 70.5 Å². The summed E-state index contributed by atoms with van der Waals surface area (Å²) in [6.07, 6.45) is 7.75. The molecule has 2 aromatic heterocycles. The van der Waals surface area contributed by atoms with Crippen LogP contribution in [-0.4, -0.2) is 50.7 Å². The number of nitrogens with zero attached hydrogens (tertiary/aromatic N) is 5. The molecule has 0 aliphatic carbocycles. The number of aryl methyl sites for hydroxylation is 1. The Morgan fingerprint density at radius 1 is 0.846 bits per heavy atom. The number of pyridine rings is 1. The van der Waals surface area contributed by atoms with E-state index in [1.165, 1.54) is 22.3 Å². The average Bonchev–Trinajstić information content (AvgIpc) is 3.11. The number of piperazine rings is 1. The molecule has 1 fully saturated rings. The summed E-state index contributed by atoms with van der Waals surface area (Å²) in [7, 11) is 1.96. The Hall–Kier alpha value is -2.50. The van der Waals surface area contributed by atoms with E-state index in [2.05, 4.69) is 62.5 Å². The second-order valence-corrected chi connectivity index (χ2v) is 7.01. The van der Waals surface area contributed by atoms with Crippen LogP contribution in [0.4, 0.5) is 0 Å². The Balaban J connectivity index is 1.33. The lowest BCUT2D eigenvalue weighted by molar-refractivity contribution is 0.122. The van der Waals surface area contributed by atoms with Gasteiger partial charge >= 0.3 is 0 Å². The Morgan fingerprint density at radius 2 is 1.54 bits per heavy atom. The zero-order valence-electron chi connectivity index (χ0n) is 15.3. The minimum Gasteiger partial charge on any atom is -0.297 e. The van der Waals surface area contributed by atoms with Gasteiger partial charge in [-0.15, -0.1) is 0 Å². The highest BCUT2D eigenvalue weighted by molar-refractivity contribution is 5.62. The summed E-state index contributed by atoms with van der Waals surface area (Å²) < 4.78 is 1.85. The van der Waals surface area contributed by atoms with Crippen LogP contribution in [0.3, 0.4) is 0 Å². The minimum absolute atomic E-state index is 1.01. The van der Waals surface area contributed by atoms with Crippen molar-refractivity contribution in [3.8, 4) is 11.1 Å². The molecule has 0 saturated carbocycles. The molecular weight excluding hydrogens is 322 g/mol. The summed E-state index contributed by atoms with van der Waals surface area (Å²) in [4.78, 5) is 9.17. The largest absolute Gasteiger partial charge is 0.297 e. The normalized spacial score (nSPS) is 16.0. The molecule has 1 aliphatic rings. The van der Waals surface area contributed by atoms with Crippen molar-refractivity contribution in [1.29, 1.82) is 0 Å². The van der Waals surface area contributed by atoms with E-state index in [1.54, 1.807) is 0 Å². The first kappa shape index (κ1) is 16.9. The van der Waals surface area contributed by atoms with Gasteiger partial charge in [0.25, 0.3) is 0 Å². The Kier molecular flexibility index (Phi) is 5.09. The molecule has 0 N–H and O–H groups in total. The van der Waals surface area contributed by atoms with Crippen LogP contribution in [0.15, 0.2) is 61.2 Å². The fourth-order valence-electron chi connectivity index (χ4n) is 3.53. The van der Waals surface area contributed by atoms with E-state index in [4.69, 9.17) is 0 Å². The van der Waals surface area contributed by atoms with Gasteiger partial charge in [-0.2, -0.15) is 5.10 Å². The zero-order valence-corrected chi connectivity index (χ0v) is 15.3. The molecule has 3 aromatic rings. The van der Waals surface area contributed by atoms with Crippen molar-refractivity contribution in [2.45, 2.75) is 13.1 Å². The van der Waals surface area contributed by atoms with Crippen molar-refractivity contribution < 1.29 is 0 Å². The molecule has 0 atom stereocenters.